The molecule has 1 aliphatic rings. The summed E-state index contributed by atoms with van der Waals surface area (Å²) in [5, 5.41) is 3.45. The summed E-state index contributed by atoms with van der Waals surface area (Å²) in [6, 6.07) is 6.36. The van der Waals surface area contributed by atoms with Crippen LogP contribution < -0.4 is 10.1 Å². The zero-order valence-electron chi connectivity index (χ0n) is 10.3. The van der Waals surface area contributed by atoms with Crippen LogP contribution in [0, 0.1) is 0 Å². The van der Waals surface area contributed by atoms with Gasteiger partial charge in [-0.1, -0.05) is 25.5 Å². The number of rotatable bonds is 4. The third kappa shape index (κ3) is 2.49. The summed E-state index contributed by atoms with van der Waals surface area (Å²) in [4.78, 5) is 0. The van der Waals surface area contributed by atoms with Gasteiger partial charge in [0.1, 0.15) is 5.75 Å². The second-order valence-corrected chi connectivity index (χ2v) is 4.54. The van der Waals surface area contributed by atoms with Crippen LogP contribution in [0.2, 0.25) is 0 Å². The Labute approximate surface area is 98.0 Å². The maximum Gasteiger partial charge on any atom is 0.143 e. The molecule has 2 heteroatoms. The molecule has 2 rings (SSSR count). The maximum atomic E-state index is 5.99. The topological polar surface area (TPSA) is 21.3 Å². The highest BCUT2D eigenvalue weighted by molar-refractivity contribution is 5.63. The van der Waals surface area contributed by atoms with Crippen LogP contribution >= 0.6 is 0 Å². The molecule has 1 N–H and O–H groups in total. The lowest BCUT2D eigenvalue weighted by Gasteiger charge is -2.23. The molecule has 2 nitrogen and oxygen atoms in total. The molecular formula is C14H21NO. The molecular weight excluding hydrogens is 198 g/mol. The fraction of sp³-hybridized carbons (Fsp3) is 0.571. The van der Waals surface area contributed by atoms with Gasteiger partial charge in [0.2, 0.25) is 0 Å². The summed E-state index contributed by atoms with van der Waals surface area (Å²) < 4.78 is 5.99. The summed E-state index contributed by atoms with van der Waals surface area (Å²) in [6.45, 7) is 5.40. The highest BCUT2D eigenvalue weighted by Gasteiger charge is 2.14. The van der Waals surface area contributed by atoms with Crippen molar-refractivity contribution >= 4 is 5.69 Å². The molecule has 0 saturated heterocycles. The molecule has 0 fully saturated rings. The lowest BCUT2D eigenvalue weighted by atomic mass is 10.0. The number of anilines is 1. The van der Waals surface area contributed by atoms with Crippen molar-refractivity contribution in [2.24, 2.45) is 0 Å². The van der Waals surface area contributed by atoms with Crippen molar-refractivity contribution in [2.45, 2.75) is 45.6 Å². The molecule has 1 aromatic rings. The van der Waals surface area contributed by atoms with E-state index in [2.05, 4.69) is 37.4 Å². The van der Waals surface area contributed by atoms with Gasteiger partial charge in [0, 0.05) is 6.54 Å². The lowest BCUT2D eigenvalue weighted by Crippen LogP contribution is -2.16. The average molecular weight is 219 g/mol. The molecule has 1 aliphatic heterocycles. The molecule has 0 saturated carbocycles. The van der Waals surface area contributed by atoms with E-state index in [1.807, 2.05) is 0 Å². The standard InChI is InChI=1S/C14H21NO/c1-3-6-11(2)16-13-9-4-7-12-8-5-10-15-14(12)13/h4,7,9,11,15H,3,5-6,8,10H2,1-2H3. The number of fused-ring (bicyclic) bond motifs is 1. The van der Waals surface area contributed by atoms with Crippen LogP contribution in [0.1, 0.15) is 38.7 Å². The highest BCUT2D eigenvalue weighted by atomic mass is 16.5. The Morgan fingerprint density at radius 1 is 1.44 bits per heavy atom. The number of hydrogen-bond acceptors (Lipinski definition) is 2. The second-order valence-electron chi connectivity index (χ2n) is 4.54. The number of benzene rings is 1. The minimum absolute atomic E-state index is 0.306. The van der Waals surface area contributed by atoms with E-state index >= 15 is 0 Å². The molecule has 16 heavy (non-hydrogen) atoms. The van der Waals surface area contributed by atoms with Crippen LogP contribution in [-0.4, -0.2) is 12.6 Å². The van der Waals surface area contributed by atoms with Crippen molar-refractivity contribution in [3.8, 4) is 5.75 Å². The molecule has 0 aliphatic carbocycles. The van der Waals surface area contributed by atoms with Gasteiger partial charge in [-0.3, -0.25) is 0 Å². The van der Waals surface area contributed by atoms with E-state index < -0.39 is 0 Å². The Balaban J connectivity index is 2.14. The van der Waals surface area contributed by atoms with E-state index in [1.54, 1.807) is 0 Å². The Morgan fingerprint density at radius 3 is 3.12 bits per heavy atom. The number of nitrogens with one attached hydrogen (secondary N) is 1. The van der Waals surface area contributed by atoms with Crippen molar-refractivity contribution in [1.29, 1.82) is 0 Å². The minimum Gasteiger partial charge on any atom is -0.489 e. The van der Waals surface area contributed by atoms with Gasteiger partial charge in [-0.2, -0.15) is 0 Å². The largest absolute Gasteiger partial charge is 0.489 e. The number of para-hydroxylation sites is 1. The first-order chi connectivity index (χ1) is 7.81. The summed E-state index contributed by atoms with van der Waals surface area (Å²) in [7, 11) is 0. The molecule has 0 bridgehead atoms. The summed E-state index contributed by atoms with van der Waals surface area (Å²) >= 11 is 0. The molecule has 1 aromatic carbocycles. The molecule has 0 radical (unpaired) electrons. The summed E-state index contributed by atoms with van der Waals surface area (Å²) in [5.41, 5.74) is 2.61. The first-order valence-electron chi connectivity index (χ1n) is 6.33. The number of aryl methyl sites for hydroxylation is 1. The van der Waals surface area contributed by atoms with E-state index in [4.69, 9.17) is 4.74 Å². The first-order valence-corrected chi connectivity index (χ1v) is 6.33. The number of ether oxygens (including phenoxy) is 1. The highest BCUT2D eigenvalue weighted by Crippen LogP contribution is 2.32. The van der Waals surface area contributed by atoms with Crippen LogP contribution in [0.4, 0.5) is 5.69 Å². The van der Waals surface area contributed by atoms with Crippen LogP contribution in [0.5, 0.6) is 5.75 Å². The summed E-state index contributed by atoms with van der Waals surface area (Å²) in [6.07, 6.45) is 4.98. The molecule has 0 aromatic heterocycles. The Hall–Kier alpha value is -1.18. The molecule has 1 heterocycles. The Morgan fingerprint density at radius 2 is 2.31 bits per heavy atom. The van der Waals surface area contributed by atoms with Crippen molar-refractivity contribution in [3.05, 3.63) is 23.8 Å². The van der Waals surface area contributed by atoms with Gasteiger partial charge < -0.3 is 10.1 Å². The van der Waals surface area contributed by atoms with E-state index in [-0.39, 0.29) is 0 Å². The van der Waals surface area contributed by atoms with Crippen molar-refractivity contribution in [2.75, 3.05) is 11.9 Å². The average Bonchev–Trinajstić information content (AvgIpc) is 2.30. The SMILES string of the molecule is CCCC(C)Oc1cccc2c1NCCC2. The van der Waals surface area contributed by atoms with Crippen molar-refractivity contribution < 1.29 is 4.74 Å². The third-order valence-corrected chi connectivity index (χ3v) is 3.06. The monoisotopic (exact) mass is 219 g/mol. The van der Waals surface area contributed by atoms with E-state index in [0.29, 0.717) is 6.10 Å². The predicted octanol–water partition coefficient (Wildman–Crippen LogP) is 3.61. The van der Waals surface area contributed by atoms with E-state index in [0.717, 1.165) is 18.7 Å². The van der Waals surface area contributed by atoms with Crippen molar-refractivity contribution in [1.82, 2.24) is 0 Å². The Kier molecular flexibility index (Phi) is 3.70. The second kappa shape index (κ2) is 5.24. The van der Waals surface area contributed by atoms with Crippen molar-refractivity contribution in [3.63, 3.8) is 0 Å². The zero-order chi connectivity index (χ0) is 11.4. The predicted molar refractivity (Wildman–Crippen MR) is 68.3 cm³/mol. The smallest absolute Gasteiger partial charge is 0.143 e. The van der Waals surface area contributed by atoms with E-state index in [9.17, 15) is 0 Å². The summed E-state index contributed by atoms with van der Waals surface area (Å²) in [5.74, 6) is 1.03. The molecule has 0 amide bonds. The quantitative estimate of drug-likeness (QED) is 0.835. The van der Waals surface area contributed by atoms with Gasteiger partial charge in [-0.15, -0.1) is 0 Å². The van der Waals surface area contributed by atoms with Gasteiger partial charge >= 0.3 is 0 Å². The molecule has 1 unspecified atom stereocenters. The van der Waals surface area contributed by atoms with Crippen LogP contribution in [0.15, 0.2) is 18.2 Å². The zero-order valence-corrected chi connectivity index (χ0v) is 10.3. The van der Waals surface area contributed by atoms with Gasteiger partial charge in [-0.25, -0.2) is 0 Å². The lowest BCUT2D eigenvalue weighted by molar-refractivity contribution is 0.210. The van der Waals surface area contributed by atoms with Crippen LogP contribution in [0.25, 0.3) is 0 Å². The first kappa shape index (κ1) is 11.3. The van der Waals surface area contributed by atoms with Crippen LogP contribution in [-0.2, 0) is 6.42 Å². The van der Waals surface area contributed by atoms with Gasteiger partial charge in [0.05, 0.1) is 11.8 Å². The Bertz CT molecular complexity index is 349. The number of hydrogen-bond donors (Lipinski definition) is 1. The normalized spacial score (nSPS) is 16.1. The third-order valence-electron chi connectivity index (χ3n) is 3.06. The molecule has 0 spiro atoms. The molecule has 88 valence electrons. The van der Waals surface area contributed by atoms with Gasteiger partial charge in [0.25, 0.3) is 0 Å². The maximum absolute atomic E-state index is 5.99. The van der Waals surface area contributed by atoms with E-state index in [1.165, 1.54) is 30.5 Å². The van der Waals surface area contributed by atoms with Gasteiger partial charge in [0.15, 0.2) is 0 Å². The minimum atomic E-state index is 0.306. The van der Waals surface area contributed by atoms with Crippen LogP contribution in [0.3, 0.4) is 0 Å². The van der Waals surface area contributed by atoms with Gasteiger partial charge in [-0.05, 0) is 37.8 Å². The molecule has 1 atom stereocenters. The fourth-order valence-corrected chi connectivity index (χ4v) is 2.26. The fourth-order valence-electron chi connectivity index (χ4n) is 2.26.